The second kappa shape index (κ2) is 7.79. The van der Waals surface area contributed by atoms with Crippen LogP contribution < -0.4 is 14.2 Å². The number of benzene rings is 2. The Morgan fingerprint density at radius 3 is 1.92 bits per heavy atom. The summed E-state index contributed by atoms with van der Waals surface area (Å²) in [7, 11) is 4.45. The minimum Gasteiger partial charge on any atom is -0.493 e. The highest BCUT2D eigenvalue weighted by atomic mass is 19.2. The Labute approximate surface area is 144 Å². The van der Waals surface area contributed by atoms with Crippen LogP contribution in [0.15, 0.2) is 30.3 Å². The fraction of sp³-hybridized carbons (Fsp3) is 0.211. The third-order valence-electron chi connectivity index (χ3n) is 3.85. The molecule has 2 aromatic rings. The molecule has 0 unspecified atom stereocenters. The van der Waals surface area contributed by atoms with E-state index in [0.29, 0.717) is 34.7 Å². The third-order valence-corrected chi connectivity index (χ3v) is 3.85. The van der Waals surface area contributed by atoms with E-state index in [1.165, 1.54) is 27.4 Å². The summed E-state index contributed by atoms with van der Waals surface area (Å²) in [6, 6.07) is 6.68. The predicted octanol–water partition coefficient (Wildman–Crippen LogP) is 4.12. The number of halogens is 2. The summed E-state index contributed by atoms with van der Waals surface area (Å²) in [5, 5.41) is 0. The van der Waals surface area contributed by atoms with E-state index in [1.54, 1.807) is 19.1 Å². The summed E-state index contributed by atoms with van der Waals surface area (Å²) in [4.78, 5) is 11.6. The quantitative estimate of drug-likeness (QED) is 0.447. The maximum Gasteiger partial charge on any atom is 0.203 e. The number of allylic oxidation sites excluding steroid dienone is 2. The Morgan fingerprint density at radius 2 is 1.48 bits per heavy atom. The summed E-state index contributed by atoms with van der Waals surface area (Å²) >= 11 is 0. The predicted molar refractivity (Wildman–Crippen MR) is 91.0 cm³/mol. The van der Waals surface area contributed by atoms with Crippen LogP contribution in [0, 0.1) is 11.6 Å². The lowest BCUT2D eigenvalue weighted by molar-refractivity contribution is -0.103. The van der Waals surface area contributed by atoms with Crippen molar-refractivity contribution in [2.75, 3.05) is 21.3 Å². The molecule has 132 valence electrons. The van der Waals surface area contributed by atoms with Crippen LogP contribution in [0.3, 0.4) is 0 Å². The molecule has 25 heavy (non-hydrogen) atoms. The molecule has 0 aliphatic heterocycles. The smallest absolute Gasteiger partial charge is 0.203 e. The first-order valence-corrected chi connectivity index (χ1v) is 7.38. The van der Waals surface area contributed by atoms with Gasteiger partial charge in [0, 0.05) is 5.57 Å². The number of ether oxygens (including phenoxy) is 3. The zero-order valence-electron chi connectivity index (χ0n) is 14.4. The third kappa shape index (κ3) is 3.63. The highest BCUT2D eigenvalue weighted by Crippen LogP contribution is 2.40. The molecule has 0 spiro atoms. The molecule has 0 aliphatic carbocycles. The minimum atomic E-state index is -1.02. The maximum absolute atomic E-state index is 13.5. The van der Waals surface area contributed by atoms with E-state index in [0.717, 1.165) is 12.1 Å². The average Bonchev–Trinajstić information content (AvgIpc) is 2.63. The van der Waals surface area contributed by atoms with Crippen LogP contribution in [0.1, 0.15) is 18.1 Å². The number of methoxy groups -OCH3 is 3. The fourth-order valence-electron chi connectivity index (χ4n) is 2.49. The largest absolute Gasteiger partial charge is 0.493 e. The molecule has 0 N–H and O–H groups in total. The summed E-state index contributed by atoms with van der Waals surface area (Å²) in [6.07, 6.45) is 0.602. The number of rotatable bonds is 6. The van der Waals surface area contributed by atoms with Gasteiger partial charge in [-0.15, -0.1) is 0 Å². The van der Waals surface area contributed by atoms with Gasteiger partial charge in [-0.25, -0.2) is 8.78 Å². The van der Waals surface area contributed by atoms with Crippen molar-refractivity contribution < 1.29 is 27.8 Å². The van der Waals surface area contributed by atoms with E-state index in [-0.39, 0.29) is 11.1 Å². The Morgan fingerprint density at radius 1 is 0.880 bits per heavy atom. The zero-order chi connectivity index (χ0) is 18.6. The molecule has 0 saturated carbocycles. The summed E-state index contributed by atoms with van der Waals surface area (Å²) in [5.74, 6) is -0.727. The van der Waals surface area contributed by atoms with E-state index >= 15 is 0 Å². The van der Waals surface area contributed by atoms with Crippen molar-refractivity contribution in [1.29, 1.82) is 0 Å². The van der Waals surface area contributed by atoms with Gasteiger partial charge in [0.2, 0.25) is 5.75 Å². The number of carbonyl (C=O) groups is 1. The van der Waals surface area contributed by atoms with Crippen molar-refractivity contribution >= 4 is 17.4 Å². The Hall–Kier alpha value is -2.89. The molecule has 0 heterocycles. The lowest BCUT2D eigenvalue weighted by Crippen LogP contribution is -1.98. The summed E-state index contributed by atoms with van der Waals surface area (Å²) < 4.78 is 42.5. The number of carbonyl (C=O) groups excluding carboxylic acids is 1. The first-order chi connectivity index (χ1) is 12.0. The monoisotopic (exact) mass is 348 g/mol. The van der Waals surface area contributed by atoms with Gasteiger partial charge in [0.1, 0.15) is 0 Å². The molecular formula is C19H18F2O4. The number of hydrogen-bond donors (Lipinski definition) is 0. The normalized spacial score (nSPS) is 11.6. The van der Waals surface area contributed by atoms with Gasteiger partial charge in [-0.1, -0.05) is 6.07 Å². The first-order valence-electron chi connectivity index (χ1n) is 7.38. The van der Waals surface area contributed by atoms with Crippen molar-refractivity contribution in [1.82, 2.24) is 0 Å². The Kier molecular flexibility index (Phi) is 5.75. The molecule has 0 aromatic heterocycles. The van der Waals surface area contributed by atoms with Crippen LogP contribution >= 0.6 is 0 Å². The molecule has 2 rings (SSSR count). The van der Waals surface area contributed by atoms with Crippen LogP contribution in [-0.2, 0) is 4.79 Å². The minimum absolute atomic E-state index is 0.230. The van der Waals surface area contributed by atoms with Gasteiger partial charge in [0.25, 0.3) is 0 Å². The van der Waals surface area contributed by atoms with Crippen LogP contribution in [0.4, 0.5) is 8.78 Å². The zero-order valence-corrected chi connectivity index (χ0v) is 14.4. The van der Waals surface area contributed by atoms with Gasteiger partial charge in [-0.2, -0.15) is 0 Å². The van der Waals surface area contributed by atoms with Gasteiger partial charge >= 0.3 is 0 Å². The van der Waals surface area contributed by atoms with Crippen molar-refractivity contribution in [2.24, 2.45) is 0 Å². The number of aldehydes is 1. The molecular weight excluding hydrogens is 330 g/mol. The lowest BCUT2D eigenvalue weighted by atomic mass is 9.96. The van der Waals surface area contributed by atoms with Crippen LogP contribution in [0.25, 0.3) is 11.1 Å². The molecule has 0 radical (unpaired) electrons. The molecule has 6 heteroatoms. The molecule has 0 saturated heterocycles. The molecule has 0 aliphatic rings. The van der Waals surface area contributed by atoms with Crippen molar-refractivity contribution in [3.63, 3.8) is 0 Å². The second-order valence-corrected chi connectivity index (χ2v) is 5.20. The SMILES string of the molecule is COc1cc(C(C)=C(C=O)c2ccc(F)c(F)c2)cc(OC)c1OC. The van der Waals surface area contributed by atoms with E-state index in [1.807, 2.05) is 0 Å². The standard InChI is InChI=1S/C19H18F2O4/c1-11(14(10-22)12-5-6-15(20)16(21)7-12)13-8-17(23-2)19(25-4)18(9-13)24-3/h5-10H,1-4H3. The summed E-state index contributed by atoms with van der Waals surface area (Å²) in [6.45, 7) is 1.70. The van der Waals surface area contributed by atoms with Crippen LogP contribution in [-0.4, -0.2) is 27.6 Å². The van der Waals surface area contributed by atoms with Crippen LogP contribution in [0.5, 0.6) is 17.2 Å². The highest BCUT2D eigenvalue weighted by Gasteiger charge is 2.16. The van der Waals surface area contributed by atoms with E-state index in [4.69, 9.17) is 14.2 Å². The average molecular weight is 348 g/mol. The summed E-state index contributed by atoms with van der Waals surface area (Å²) in [5.41, 5.74) is 1.69. The Balaban J connectivity index is 2.66. The van der Waals surface area contributed by atoms with Crippen molar-refractivity contribution in [2.45, 2.75) is 6.92 Å². The lowest BCUT2D eigenvalue weighted by Gasteiger charge is -2.15. The molecule has 0 fully saturated rings. The van der Waals surface area contributed by atoms with Gasteiger partial charge in [-0.3, -0.25) is 4.79 Å². The number of hydrogen-bond acceptors (Lipinski definition) is 4. The highest BCUT2D eigenvalue weighted by molar-refractivity contribution is 6.17. The Bertz CT molecular complexity index is 803. The van der Waals surface area contributed by atoms with Gasteiger partial charge in [0.15, 0.2) is 29.4 Å². The van der Waals surface area contributed by atoms with Gasteiger partial charge in [-0.05, 0) is 47.9 Å². The van der Waals surface area contributed by atoms with E-state index in [9.17, 15) is 13.6 Å². The molecule has 0 bridgehead atoms. The molecule has 0 atom stereocenters. The van der Waals surface area contributed by atoms with Crippen molar-refractivity contribution in [3.8, 4) is 17.2 Å². The van der Waals surface area contributed by atoms with Crippen LogP contribution in [0.2, 0.25) is 0 Å². The first kappa shape index (κ1) is 18.4. The van der Waals surface area contributed by atoms with Gasteiger partial charge < -0.3 is 14.2 Å². The van der Waals surface area contributed by atoms with Crippen molar-refractivity contribution in [3.05, 3.63) is 53.1 Å². The maximum atomic E-state index is 13.5. The second-order valence-electron chi connectivity index (χ2n) is 5.20. The topological polar surface area (TPSA) is 44.8 Å². The van der Waals surface area contributed by atoms with E-state index in [2.05, 4.69) is 0 Å². The molecule has 2 aromatic carbocycles. The molecule has 0 amide bonds. The van der Waals surface area contributed by atoms with Gasteiger partial charge in [0.05, 0.1) is 21.3 Å². The van der Waals surface area contributed by atoms with E-state index < -0.39 is 11.6 Å². The fourth-order valence-corrected chi connectivity index (χ4v) is 2.49. The molecule has 4 nitrogen and oxygen atoms in total.